The van der Waals surface area contributed by atoms with E-state index in [2.05, 4.69) is 6.92 Å². The van der Waals surface area contributed by atoms with E-state index < -0.39 is 11.9 Å². The molecule has 114 valence electrons. The highest BCUT2D eigenvalue weighted by molar-refractivity contribution is 6.03. The first-order chi connectivity index (χ1) is 10.6. The summed E-state index contributed by atoms with van der Waals surface area (Å²) in [6.45, 7) is 2.13. The van der Waals surface area contributed by atoms with Crippen molar-refractivity contribution in [3.63, 3.8) is 0 Å². The molecular weight excluding hydrogens is 280 g/mol. The van der Waals surface area contributed by atoms with Gasteiger partial charge in [-0.25, -0.2) is 9.59 Å². The molecule has 0 saturated heterocycles. The number of hydrogen-bond acceptors (Lipinski definition) is 3. The summed E-state index contributed by atoms with van der Waals surface area (Å²) in [4.78, 5) is 23.2. The van der Waals surface area contributed by atoms with Gasteiger partial charge in [-0.15, -0.1) is 0 Å². The third kappa shape index (κ3) is 3.95. The number of hydrogen-bond donors (Lipinski definition) is 1. The second-order valence-corrected chi connectivity index (χ2v) is 4.99. The molecule has 0 aliphatic heterocycles. The first-order valence-electron chi connectivity index (χ1n) is 7.25. The largest absolute Gasteiger partial charge is 0.478 e. The van der Waals surface area contributed by atoms with Crippen molar-refractivity contribution in [2.24, 2.45) is 0 Å². The molecule has 22 heavy (non-hydrogen) atoms. The molecule has 0 bridgehead atoms. The molecule has 0 spiro atoms. The summed E-state index contributed by atoms with van der Waals surface area (Å²) in [5.41, 5.74) is 1.17. The number of rotatable bonds is 6. The molecule has 0 radical (unpaired) electrons. The number of aryl methyl sites for hydroxylation is 1. The number of aromatic carboxylic acids is 1. The third-order valence-electron chi connectivity index (χ3n) is 3.33. The maximum Gasteiger partial charge on any atom is 0.344 e. The number of carboxylic acid groups (broad SMARTS) is 1. The Labute approximate surface area is 129 Å². The van der Waals surface area contributed by atoms with Gasteiger partial charge < -0.3 is 9.84 Å². The second-order valence-electron chi connectivity index (χ2n) is 4.99. The molecule has 2 rings (SSSR count). The average molecular weight is 298 g/mol. The van der Waals surface area contributed by atoms with Crippen molar-refractivity contribution >= 4 is 11.9 Å². The molecule has 2 aromatic rings. The summed E-state index contributed by atoms with van der Waals surface area (Å²) in [5.74, 6) is -1.41. The van der Waals surface area contributed by atoms with Crippen molar-refractivity contribution < 1.29 is 19.4 Å². The van der Waals surface area contributed by atoms with Gasteiger partial charge >= 0.3 is 11.9 Å². The van der Waals surface area contributed by atoms with Crippen LogP contribution in [0.25, 0.3) is 0 Å². The number of benzene rings is 2. The van der Waals surface area contributed by atoms with Crippen LogP contribution in [-0.2, 0) is 6.42 Å². The highest BCUT2D eigenvalue weighted by Gasteiger charge is 2.17. The molecule has 0 amide bonds. The molecule has 0 heterocycles. The fourth-order valence-corrected chi connectivity index (χ4v) is 2.11. The Morgan fingerprint density at radius 3 is 2.23 bits per heavy atom. The Kier molecular flexibility index (Phi) is 5.31. The summed E-state index contributed by atoms with van der Waals surface area (Å²) in [5, 5.41) is 9.09. The van der Waals surface area contributed by atoms with Crippen molar-refractivity contribution in [2.75, 3.05) is 0 Å². The Morgan fingerprint density at radius 1 is 1.00 bits per heavy atom. The molecule has 0 fully saturated rings. The van der Waals surface area contributed by atoms with E-state index in [4.69, 9.17) is 9.84 Å². The van der Waals surface area contributed by atoms with Gasteiger partial charge in [0.05, 0.1) is 11.1 Å². The monoisotopic (exact) mass is 298 g/mol. The standard InChI is InChI=1S/C18H18O4/c1-2-3-6-13-9-11-14(12-10-13)22-18(21)16-8-5-4-7-15(16)17(19)20/h4-5,7-12H,2-3,6H2,1H3,(H,19,20). The zero-order chi connectivity index (χ0) is 15.9. The van der Waals surface area contributed by atoms with Crippen molar-refractivity contribution in [3.8, 4) is 5.75 Å². The van der Waals surface area contributed by atoms with E-state index in [1.165, 1.54) is 17.7 Å². The van der Waals surface area contributed by atoms with Gasteiger partial charge in [0, 0.05) is 0 Å². The van der Waals surface area contributed by atoms with Crippen LogP contribution in [0.1, 0.15) is 46.0 Å². The molecule has 1 N–H and O–H groups in total. The summed E-state index contributed by atoms with van der Waals surface area (Å²) < 4.78 is 5.25. The zero-order valence-corrected chi connectivity index (χ0v) is 12.4. The quantitative estimate of drug-likeness (QED) is 0.648. The highest BCUT2D eigenvalue weighted by Crippen LogP contribution is 2.17. The fraction of sp³-hybridized carbons (Fsp3) is 0.222. The lowest BCUT2D eigenvalue weighted by molar-refractivity contribution is 0.0668. The number of esters is 1. The molecule has 4 nitrogen and oxygen atoms in total. The Morgan fingerprint density at radius 2 is 1.64 bits per heavy atom. The van der Waals surface area contributed by atoms with Crippen LogP contribution >= 0.6 is 0 Å². The Bertz CT molecular complexity index is 659. The number of carbonyl (C=O) groups excluding carboxylic acids is 1. The van der Waals surface area contributed by atoms with E-state index in [-0.39, 0.29) is 11.1 Å². The molecule has 0 aliphatic rings. The van der Waals surface area contributed by atoms with E-state index in [0.29, 0.717) is 5.75 Å². The minimum absolute atomic E-state index is 0.0464. The van der Waals surface area contributed by atoms with Gasteiger partial charge in [-0.1, -0.05) is 37.6 Å². The minimum atomic E-state index is -1.15. The van der Waals surface area contributed by atoms with E-state index in [1.54, 1.807) is 24.3 Å². The van der Waals surface area contributed by atoms with E-state index in [1.807, 2.05) is 12.1 Å². The van der Waals surface area contributed by atoms with Gasteiger partial charge in [-0.2, -0.15) is 0 Å². The van der Waals surface area contributed by atoms with Crippen molar-refractivity contribution in [2.45, 2.75) is 26.2 Å². The lowest BCUT2D eigenvalue weighted by Gasteiger charge is -2.07. The van der Waals surface area contributed by atoms with Gasteiger partial charge in [0.25, 0.3) is 0 Å². The van der Waals surface area contributed by atoms with Gasteiger partial charge in [-0.3, -0.25) is 0 Å². The summed E-state index contributed by atoms with van der Waals surface area (Å²) in [6, 6.07) is 13.3. The van der Waals surface area contributed by atoms with E-state index in [0.717, 1.165) is 19.3 Å². The molecule has 0 aromatic heterocycles. The van der Waals surface area contributed by atoms with Crippen molar-refractivity contribution in [1.82, 2.24) is 0 Å². The second kappa shape index (κ2) is 7.41. The molecule has 0 unspecified atom stereocenters. The van der Waals surface area contributed by atoms with Crippen LogP contribution in [-0.4, -0.2) is 17.0 Å². The fourth-order valence-electron chi connectivity index (χ4n) is 2.11. The molecule has 0 atom stereocenters. The first-order valence-corrected chi connectivity index (χ1v) is 7.25. The SMILES string of the molecule is CCCCc1ccc(OC(=O)c2ccccc2C(=O)O)cc1. The van der Waals surface area contributed by atoms with Crippen LogP contribution in [0.3, 0.4) is 0 Å². The third-order valence-corrected chi connectivity index (χ3v) is 3.33. The van der Waals surface area contributed by atoms with Gasteiger partial charge in [0.1, 0.15) is 5.75 Å². The molecular formula is C18H18O4. The van der Waals surface area contributed by atoms with Crippen LogP contribution in [0.4, 0.5) is 0 Å². The smallest absolute Gasteiger partial charge is 0.344 e. The summed E-state index contributed by atoms with van der Waals surface area (Å²) >= 11 is 0. The highest BCUT2D eigenvalue weighted by atomic mass is 16.5. The molecule has 2 aromatic carbocycles. The van der Waals surface area contributed by atoms with Crippen LogP contribution < -0.4 is 4.74 Å². The number of unbranched alkanes of at least 4 members (excludes halogenated alkanes) is 1. The lowest BCUT2D eigenvalue weighted by atomic mass is 10.1. The first kappa shape index (κ1) is 15.8. The molecule has 4 heteroatoms. The van der Waals surface area contributed by atoms with E-state index >= 15 is 0 Å². The zero-order valence-electron chi connectivity index (χ0n) is 12.4. The van der Waals surface area contributed by atoms with Crippen LogP contribution in [0, 0.1) is 0 Å². The summed E-state index contributed by atoms with van der Waals surface area (Å²) in [7, 11) is 0. The predicted molar refractivity (Wildman–Crippen MR) is 83.4 cm³/mol. The Hall–Kier alpha value is -2.62. The maximum absolute atomic E-state index is 12.1. The van der Waals surface area contributed by atoms with Crippen LogP contribution in [0.5, 0.6) is 5.75 Å². The average Bonchev–Trinajstić information content (AvgIpc) is 2.54. The van der Waals surface area contributed by atoms with Gasteiger partial charge in [0.2, 0.25) is 0 Å². The van der Waals surface area contributed by atoms with Crippen LogP contribution in [0.2, 0.25) is 0 Å². The normalized spacial score (nSPS) is 10.2. The van der Waals surface area contributed by atoms with E-state index in [9.17, 15) is 9.59 Å². The molecule has 0 aliphatic carbocycles. The number of ether oxygens (including phenoxy) is 1. The summed E-state index contributed by atoms with van der Waals surface area (Å²) in [6.07, 6.45) is 3.24. The van der Waals surface area contributed by atoms with Crippen molar-refractivity contribution in [1.29, 1.82) is 0 Å². The topological polar surface area (TPSA) is 63.6 Å². The van der Waals surface area contributed by atoms with Gasteiger partial charge in [-0.05, 0) is 42.7 Å². The predicted octanol–water partition coefficient (Wildman–Crippen LogP) is 3.95. The Balaban J connectivity index is 2.10. The maximum atomic E-state index is 12.1. The lowest BCUT2D eigenvalue weighted by Crippen LogP contribution is -2.13. The molecule has 0 saturated carbocycles. The number of carboxylic acids is 1. The van der Waals surface area contributed by atoms with Crippen LogP contribution in [0.15, 0.2) is 48.5 Å². The number of carbonyl (C=O) groups is 2. The van der Waals surface area contributed by atoms with Crippen molar-refractivity contribution in [3.05, 3.63) is 65.2 Å². The van der Waals surface area contributed by atoms with Gasteiger partial charge in [0.15, 0.2) is 0 Å². The minimum Gasteiger partial charge on any atom is -0.478 e.